The highest BCUT2D eigenvalue weighted by Crippen LogP contribution is 2.30. The molecule has 4 heteroatoms. The quantitative estimate of drug-likeness (QED) is 0.778. The molecule has 21 heavy (non-hydrogen) atoms. The molecule has 0 aliphatic heterocycles. The molecule has 0 bridgehead atoms. The standard InChI is InChI=1S/C17H13ClFNO/c1-2-11-6-3-4-7-12(11)17(21)13(10-20)16-14(18)8-5-9-15(16)19/h3-9,13H,2H2,1H3. The minimum absolute atomic E-state index is 0.0578. The number of carbonyl (C=O) groups is 1. The van der Waals surface area contributed by atoms with Crippen LogP contribution in [0.15, 0.2) is 42.5 Å². The van der Waals surface area contributed by atoms with Gasteiger partial charge in [-0.15, -0.1) is 0 Å². The molecular formula is C17H13ClFNO. The van der Waals surface area contributed by atoms with Crippen molar-refractivity contribution in [3.05, 3.63) is 70.0 Å². The molecule has 0 fully saturated rings. The van der Waals surface area contributed by atoms with Crippen LogP contribution in [-0.4, -0.2) is 5.78 Å². The van der Waals surface area contributed by atoms with Crippen molar-refractivity contribution in [3.63, 3.8) is 0 Å². The van der Waals surface area contributed by atoms with Gasteiger partial charge >= 0.3 is 0 Å². The molecule has 2 aromatic carbocycles. The normalized spacial score (nSPS) is 11.7. The largest absolute Gasteiger partial charge is 0.292 e. The van der Waals surface area contributed by atoms with Crippen molar-refractivity contribution in [1.29, 1.82) is 5.26 Å². The fraction of sp³-hybridized carbons (Fsp3) is 0.176. The fourth-order valence-corrected chi connectivity index (χ4v) is 2.54. The van der Waals surface area contributed by atoms with E-state index in [0.29, 0.717) is 12.0 Å². The highest BCUT2D eigenvalue weighted by Gasteiger charge is 2.28. The Kier molecular flexibility index (Phi) is 4.72. The second-order valence-corrected chi connectivity index (χ2v) is 4.98. The molecule has 106 valence electrons. The Balaban J connectivity index is 2.52. The lowest BCUT2D eigenvalue weighted by atomic mass is 9.88. The van der Waals surface area contributed by atoms with Crippen molar-refractivity contribution in [3.8, 4) is 6.07 Å². The third-order valence-electron chi connectivity index (χ3n) is 3.34. The van der Waals surface area contributed by atoms with Crippen LogP contribution in [-0.2, 0) is 6.42 Å². The molecule has 0 saturated carbocycles. The molecular weight excluding hydrogens is 289 g/mol. The first-order valence-corrected chi connectivity index (χ1v) is 6.93. The molecule has 1 atom stereocenters. The Morgan fingerprint density at radius 2 is 2.00 bits per heavy atom. The second kappa shape index (κ2) is 6.51. The summed E-state index contributed by atoms with van der Waals surface area (Å²) in [6.45, 7) is 1.92. The first-order chi connectivity index (χ1) is 10.1. The molecule has 0 spiro atoms. The van der Waals surface area contributed by atoms with E-state index in [4.69, 9.17) is 11.6 Å². The van der Waals surface area contributed by atoms with E-state index in [1.807, 2.05) is 25.1 Å². The summed E-state index contributed by atoms with van der Waals surface area (Å²) >= 11 is 5.96. The number of aryl methyl sites for hydroxylation is 1. The second-order valence-electron chi connectivity index (χ2n) is 4.57. The van der Waals surface area contributed by atoms with Crippen LogP contribution in [0.25, 0.3) is 0 Å². The predicted octanol–water partition coefficient (Wildman–Crippen LogP) is 4.53. The zero-order valence-electron chi connectivity index (χ0n) is 11.4. The zero-order valence-corrected chi connectivity index (χ0v) is 12.2. The van der Waals surface area contributed by atoms with Crippen molar-refractivity contribution < 1.29 is 9.18 Å². The SMILES string of the molecule is CCc1ccccc1C(=O)C(C#N)c1c(F)cccc1Cl. The van der Waals surface area contributed by atoms with Gasteiger partial charge in [-0.25, -0.2) is 4.39 Å². The summed E-state index contributed by atoms with van der Waals surface area (Å²) in [6.07, 6.45) is 0.658. The van der Waals surface area contributed by atoms with Crippen LogP contribution < -0.4 is 0 Å². The van der Waals surface area contributed by atoms with Crippen molar-refractivity contribution in [2.75, 3.05) is 0 Å². The number of nitriles is 1. The average Bonchev–Trinajstić information content (AvgIpc) is 2.50. The Labute approximate surface area is 127 Å². The third-order valence-corrected chi connectivity index (χ3v) is 3.67. The van der Waals surface area contributed by atoms with Gasteiger partial charge in [0.15, 0.2) is 5.78 Å². The number of nitrogens with zero attached hydrogens (tertiary/aromatic N) is 1. The molecule has 0 N–H and O–H groups in total. The van der Waals surface area contributed by atoms with Gasteiger partial charge < -0.3 is 0 Å². The van der Waals surface area contributed by atoms with Gasteiger partial charge in [0.1, 0.15) is 11.7 Å². The van der Waals surface area contributed by atoms with Gasteiger partial charge in [-0.2, -0.15) is 5.26 Å². The highest BCUT2D eigenvalue weighted by atomic mass is 35.5. The maximum Gasteiger partial charge on any atom is 0.184 e. The summed E-state index contributed by atoms with van der Waals surface area (Å²) in [7, 11) is 0. The fourth-order valence-electron chi connectivity index (χ4n) is 2.27. The van der Waals surface area contributed by atoms with Crippen LogP contribution in [0, 0.1) is 17.1 Å². The van der Waals surface area contributed by atoms with E-state index in [-0.39, 0.29) is 10.6 Å². The first-order valence-electron chi connectivity index (χ1n) is 6.55. The van der Waals surface area contributed by atoms with Crippen LogP contribution in [0.5, 0.6) is 0 Å². The van der Waals surface area contributed by atoms with Crippen LogP contribution >= 0.6 is 11.6 Å². The molecule has 2 nitrogen and oxygen atoms in total. The van der Waals surface area contributed by atoms with E-state index in [9.17, 15) is 14.4 Å². The van der Waals surface area contributed by atoms with E-state index >= 15 is 0 Å². The Bertz CT molecular complexity index is 701. The molecule has 0 aliphatic carbocycles. The number of Topliss-reactive ketones (excluding diaryl/α,β-unsaturated/α-hetero) is 1. The number of hydrogen-bond acceptors (Lipinski definition) is 2. The topological polar surface area (TPSA) is 40.9 Å². The van der Waals surface area contributed by atoms with Gasteiger partial charge in [0, 0.05) is 16.1 Å². The van der Waals surface area contributed by atoms with Gasteiger partial charge in [-0.3, -0.25) is 4.79 Å². The highest BCUT2D eigenvalue weighted by molar-refractivity contribution is 6.32. The van der Waals surface area contributed by atoms with Crippen molar-refractivity contribution >= 4 is 17.4 Å². The van der Waals surface area contributed by atoms with Gasteiger partial charge in [0.2, 0.25) is 0 Å². The lowest BCUT2D eigenvalue weighted by Crippen LogP contribution is -2.15. The molecule has 2 rings (SSSR count). The number of ketones is 1. The summed E-state index contributed by atoms with van der Waals surface area (Å²) < 4.78 is 14.0. The molecule has 0 aliphatic rings. The molecule has 2 aromatic rings. The van der Waals surface area contributed by atoms with Crippen LogP contribution in [0.4, 0.5) is 4.39 Å². The van der Waals surface area contributed by atoms with Crippen LogP contribution in [0.3, 0.4) is 0 Å². The maximum atomic E-state index is 14.0. The van der Waals surface area contributed by atoms with E-state index in [1.54, 1.807) is 12.1 Å². The third kappa shape index (κ3) is 2.96. The summed E-state index contributed by atoms with van der Waals surface area (Å²) in [6, 6.07) is 13.0. The Morgan fingerprint density at radius 3 is 2.62 bits per heavy atom. The zero-order chi connectivity index (χ0) is 15.4. The summed E-state index contributed by atoms with van der Waals surface area (Å²) in [5.41, 5.74) is 1.21. The predicted molar refractivity (Wildman–Crippen MR) is 79.9 cm³/mol. The monoisotopic (exact) mass is 301 g/mol. The van der Waals surface area contributed by atoms with Crippen LogP contribution in [0.1, 0.15) is 34.3 Å². The van der Waals surface area contributed by atoms with Crippen molar-refractivity contribution in [2.45, 2.75) is 19.3 Å². The minimum Gasteiger partial charge on any atom is -0.292 e. The van der Waals surface area contributed by atoms with Crippen molar-refractivity contribution in [2.24, 2.45) is 0 Å². The van der Waals surface area contributed by atoms with E-state index < -0.39 is 17.5 Å². The lowest BCUT2D eigenvalue weighted by molar-refractivity contribution is 0.0976. The van der Waals surface area contributed by atoms with Crippen LogP contribution in [0.2, 0.25) is 5.02 Å². The van der Waals surface area contributed by atoms with Gasteiger partial charge in [-0.05, 0) is 24.1 Å². The summed E-state index contributed by atoms with van der Waals surface area (Å²) in [4.78, 5) is 12.6. The summed E-state index contributed by atoms with van der Waals surface area (Å²) in [5, 5.41) is 9.41. The van der Waals surface area contributed by atoms with E-state index in [2.05, 4.69) is 0 Å². The summed E-state index contributed by atoms with van der Waals surface area (Å²) in [5.74, 6) is -2.32. The number of benzene rings is 2. The molecule has 0 aromatic heterocycles. The van der Waals surface area contributed by atoms with Crippen molar-refractivity contribution in [1.82, 2.24) is 0 Å². The van der Waals surface area contributed by atoms with Gasteiger partial charge in [0.05, 0.1) is 6.07 Å². The molecule has 1 unspecified atom stereocenters. The Morgan fingerprint density at radius 1 is 1.29 bits per heavy atom. The van der Waals surface area contributed by atoms with E-state index in [1.165, 1.54) is 18.2 Å². The number of rotatable bonds is 4. The molecule has 0 radical (unpaired) electrons. The smallest absolute Gasteiger partial charge is 0.184 e. The molecule has 0 saturated heterocycles. The first kappa shape index (κ1) is 15.2. The lowest BCUT2D eigenvalue weighted by Gasteiger charge is -2.13. The number of hydrogen-bond donors (Lipinski definition) is 0. The van der Waals surface area contributed by atoms with E-state index in [0.717, 1.165) is 5.56 Å². The molecule has 0 amide bonds. The number of halogens is 2. The minimum atomic E-state index is -1.24. The number of carbonyl (C=O) groups excluding carboxylic acids is 1. The molecule has 0 heterocycles. The average molecular weight is 302 g/mol. The van der Waals surface area contributed by atoms with Gasteiger partial charge in [-0.1, -0.05) is 48.9 Å². The Hall–Kier alpha value is -2.18. The maximum absolute atomic E-state index is 14.0. The van der Waals surface area contributed by atoms with Gasteiger partial charge in [0.25, 0.3) is 0 Å².